The molecule has 0 atom stereocenters. The topological polar surface area (TPSA) is 89.9 Å². The molecule has 37 heavy (non-hydrogen) atoms. The van der Waals surface area contributed by atoms with Crippen molar-refractivity contribution in [3.8, 4) is 0 Å². The Hall–Kier alpha value is -2.47. The molecule has 0 radical (unpaired) electrons. The lowest BCUT2D eigenvalue weighted by Gasteiger charge is -1.95. The van der Waals surface area contributed by atoms with E-state index in [4.69, 9.17) is 9.84 Å². The lowest BCUT2D eigenvalue weighted by atomic mass is 10.1. The van der Waals surface area contributed by atoms with Crippen LogP contribution in [0.4, 0.5) is 0 Å². The van der Waals surface area contributed by atoms with Crippen molar-refractivity contribution in [2.24, 2.45) is 0 Å². The van der Waals surface area contributed by atoms with Crippen LogP contribution in [0.25, 0.3) is 0 Å². The highest BCUT2D eigenvalue weighted by atomic mass is 16.6. The number of esters is 3. The van der Waals surface area contributed by atoms with Gasteiger partial charge >= 0.3 is 17.9 Å². The summed E-state index contributed by atoms with van der Waals surface area (Å²) in [5.41, 5.74) is 0. The number of hydrogen-bond acceptors (Lipinski definition) is 6. The van der Waals surface area contributed by atoms with E-state index in [2.05, 4.69) is 42.9 Å². The molecule has 0 rings (SSSR count). The van der Waals surface area contributed by atoms with Crippen LogP contribution in [-0.4, -0.2) is 36.2 Å². The van der Waals surface area contributed by atoms with Crippen LogP contribution in [-0.2, 0) is 23.9 Å². The largest absolute Gasteiger partial charge is 0.466 e. The van der Waals surface area contributed by atoms with Crippen LogP contribution in [0.5, 0.6) is 0 Å². The van der Waals surface area contributed by atoms with E-state index >= 15 is 0 Å². The first-order valence-corrected chi connectivity index (χ1v) is 13.4. The minimum atomic E-state index is -0.562. The lowest BCUT2D eigenvalue weighted by Crippen LogP contribution is -2.03. The van der Waals surface area contributed by atoms with Gasteiger partial charge < -0.3 is 14.6 Å². The molecule has 0 aromatic heterocycles. The Bertz CT molecular complexity index is 605. The summed E-state index contributed by atoms with van der Waals surface area (Å²) >= 11 is 0. The van der Waals surface area contributed by atoms with Crippen molar-refractivity contribution in [1.82, 2.24) is 0 Å². The second-order valence-corrected chi connectivity index (χ2v) is 8.14. The molecule has 0 spiro atoms. The average molecular weight is 525 g/mol. The van der Waals surface area contributed by atoms with Crippen molar-refractivity contribution in [1.29, 1.82) is 0 Å². The fourth-order valence-electron chi connectivity index (χ4n) is 2.62. The van der Waals surface area contributed by atoms with Crippen LogP contribution < -0.4 is 0 Å². The molecule has 6 heteroatoms. The minimum Gasteiger partial charge on any atom is -0.466 e. The highest BCUT2D eigenvalue weighted by molar-refractivity contribution is 5.82. The molecule has 6 nitrogen and oxygen atoms in total. The van der Waals surface area contributed by atoms with Crippen molar-refractivity contribution < 1.29 is 29.0 Å². The molecule has 0 unspecified atom stereocenters. The smallest absolute Gasteiger partial charge is 0.310 e. The number of carbonyl (C=O) groups is 3. The van der Waals surface area contributed by atoms with Crippen molar-refractivity contribution in [3.63, 3.8) is 0 Å². The van der Waals surface area contributed by atoms with Gasteiger partial charge in [-0.2, -0.15) is 0 Å². The van der Waals surface area contributed by atoms with Gasteiger partial charge in [0.05, 0.1) is 6.61 Å². The quantitative estimate of drug-likeness (QED) is 0.0892. The molecule has 0 bridgehead atoms. The second-order valence-electron chi connectivity index (χ2n) is 8.14. The van der Waals surface area contributed by atoms with Crippen LogP contribution in [0.3, 0.4) is 0 Å². The molecule has 216 valence electrons. The predicted octanol–water partition coefficient (Wildman–Crippen LogP) is 8.21. The fourth-order valence-corrected chi connectivity index (χ4v) is 2.62. The number of hydrogen-bond donors (Lipinski definition) is 1. The SMILES string of the molecule is C.CC(=O)OC(C)=O.CCCCCC/C=C\C=C\CCO.CCCCCC/C=C\C=C\CCOC(C)=O. The standard InChI is InChI=1S/C14H24O2.C12H22O.C4H6O3.CH4/c1-3-4-5-6-7-8-9-10-11-12-13-16-14(2)15;1-2-3-4-5-6-7-8-9-10-11-12-13;1-3(5)7-4(2)6;/h8-11H,3-7,12-13H2,1-2H3;7-10,13H,2-6,11-12H2,1H3;1-2H3;1H4/b9-8-,11-10+;8-7-,10-9+;;. The Labute approximate surface area is 227 Å². The van der Waals surface area contributed by atoms with Crippen molar-refractivity contribution in [2.75, 3.05) is 13.2 Å². The van der Waals surface area contributed by atoms with Gasteiger partial charge in [-0.1, -0.05) is 108 Å². The monoisotopic (exact) mass is 524 g/mol. The number of unbranched alkanes of at least 4 members (excludes halogenated alkanes) is 8. The highest BCUT2D eigenvalue weighted by Gasteiger charge is 1.93. The van der Waals surface area contributed by atoms with Gasteiger partial charge in [0.25, 0.3) is 0 Å². The first-order chi connectivity index (χ1) is 17.3. The Balaban J connectivity index is -0.000000233. The van der Waals surface area contributed by atoms with E-state index < -0.39 is 11.9 Å². The molecule has 0 aromatic carbocycles. The summed E-state index contributed by atoms with van der Waals surface area (Å²) in [5, 5.41) is 8.49. The molecule has 1 N–H and O–H groups in total. The van der Waals surface area contributed by atoms with Crippen molar-refractivity contribution in [3.05, 3.63) is 48.6 Å². The Morgan fingerprint density at radius 3 is 1.32 bits per heavy atom. The molecule has 0 aliphatic rings. The third kappa shape index (κ3) is 55.4. The molecule has 0 aromatic rings. The van der Waals surface area contributed by atoms with E-state index in [1.165, 1.54) is 78.6 Å². The van der Waals surface area contributed by atoms with E-state index in [1.807, 2.05) is 24.3 Å². The molecule has 0 aliphatic heterocycles. The van der Waals surface area contributed by atoms with Gasteiger partial charge in [-0.3, -0.25) is 14.4 Å². The van der Waals surface area contributed by atoms with E-state index in [0.717, 1.165) is 19.3 Å². The molecule has 0 saturated heterocycles. The Kier molecular flexibility index (Phi) is 42.9. The van der Waals surface area contributed by atoms with E-state index in [1.54, 1.807) is 0 Å². The summed E-state index contributed by atoms with van der Waals surface area (Å²) in [4.78, 5) is 30.1. The van der Waals surface area contributed by atoms with E-state index in [-0.39, 0.29) is 20.0 Å². The zero-order valence-corrected chi connectivity index (χ0v) is 23.5. The van der Waals surface area contributed by atoms with Gasteiger partial charge in [0.15, 0.2) is 0 Å². The van der Waals surface area contributed by atoms with Gasteiger partial charge in [-0.15, -0.1) is 0 Å². The lowest BCUT2D eigenvalue weighted by molar-refractivity contribution is -0.156. The summed E-state index contributed by atoms with van der Waals surface area (Å²) < 4.78 is 8.77. The Morgan fingerprint density at radius 1 is 0.595 bits per heavy atom. The van der Waals surface area contributed by atoms with Crippen LogP contribution >= 0.6 is 0 Å². The summed E-state index contributed by atoms with van der Waals surface area (Å²) in [6.07, 6.45) is 31.0. The molecule has 0 heterocycles. The van der Waals surface area contributed by atoms with Crippen LogP contribution in [0.1, 0.15) is 119 Å². The molecule has 0 amide bonds. The minimum absolute atomic E-state index is 0. The summed E-state index contributed by atoms with van der Waals surface area (Å²) in [6.45, 7) is 8.98. The van der Waals surface area contributed by atoms with Crippen LogP contribution in [0.15, 0.2) is 48.6 Å². The molecule has 0 aliphatic carbocycles. The third-order valence-corrected chi connectivity index (χ3v) is 4.39. The van der Waals surface area contributed by atoms with Gasteiger partial charge in [-0.25, -0.2) is 0 Å². The average Bonchev–Trinajstić information content (AvgIpc) is 2.81. The third-order valence-electron chi connectivity index (χ3n) is 4.39. The first-order valence-electron chi connectivity index (χ1n) is 13.4. The molecular weight excluding hydrogens is 468 g/mol. The number of ether oxygens (including phenoxy) is 2. The van der Waals surface area contributed by atoms with Crippen molar-refractivity contribution >= 4 is 17.9 Å². The van der Waals surface area contributed by atoms with E-state index in [9.17, 15) is 14.4 Å². The maximum Gasteiger partial charge on any atom is 0.310 e. The number of aliphatic hydroxyl groups is 1. The zero-order valence-electron chi connectivity index (χ0n) is 23.5. The first kappa shape index (κ1) is 41.6. The second kappa shape index (κ2) is 38.1. The van der Waals surface area contributed by atoms with Gasteiger partial charge in [-0.05, 0) is 38.5 Å². The number of allylic oxidation sites excluding steroid dienone is 6. The normalized spacial score (nSPS) is 10.5. The number of rotatable bonds is 17. The van der Waals surface area contributed by atoms with Crippen molar-refractivity contribution in [2.45, 2.75) is 119 Å². The predicted molar refractivity (Wildman–Crippen MR) is 156 cm³/mol. The summed E-state index contributed by atoms with van der Waals surface area (Å²) in [7, 11) is 0. The summed E-state index contributed by atoms with van der Waals surface area (Å²) in [6, 6.07) is 0. The highest BCUT2D eigenvalue weighted by Crippen LogP contribution is 2.03. The van der Waals surface area contributed by atoms with Gasteiger partial charge in [0.1, 0.15) is 0 Å². The number of carbonyl (C=O) groups excluding carboxylic acids is 3. The van der Waals surface area contributed by atoms with Gasteiger partial charge in [0.2, 0.25) is 0 Å². The van der Waals surface area contributed by atoms with Gasteiger partial charge in [0, 0.05) is 27.4 Å². The zero-order chi connectivity index (χ0) is 27.7. The fraction of sp³-hybridized carbons (Fsp3) is 0.645. The Morgan fingerprint density at radius 2 is 1.00 bits per heavy atom. The maximum absolute atomic E-state index is 10.4. The van der Waals surface area contributed by atoms with E-state index in [0.29, 0.717) is 6.61 Å². The maximum atomic E-state index is 10.4. The molecule has 0 fully saturated rings. The van der Waals surface area contributed by atoms with Crippen LogP contribution in [0.2, 0.25) is 0 Å². The summed E-state index contributed by atoms with van der Waals surface area (Å²) in [5.74, 6) is -1.33. The van der Waals surface area contributed by atoms with Crippen LogP contribution in [0, 0.1) is 0 Å². The number of aliphatic hydroxyl groups excluding tert-OH is 1. The molecule has 0 saturated carbocycles. The molecular formula is C31H56O6.